The topological polar surface area (TPSA) is 59.7 Å². The van der Waals surface area contributed by atoms with Crippen LogP contribution in [0.15, 0.2) is 34.9 Å². The second-order valence-corrected chi connectivity index (χ2v) is 3.22. The monoisotopic (exact) mass is 206 g/mol. The summed E-state index contributed by atoms with van der Waals surface area (Å²) in [6, 6.07) is 7.05. The lowest BCUT2D eigenvalue weighted by molar-refractivity contribution is -0.144. The van der Waals surface area contributed by atoms with Gasteiger partial charge in [-0.05, 0) is 25.1 Å². The van der Waals surface area contributed by atoms with Crippen LogP contribution in [-0.4, -0.2) is 17.2 Å². The van der Waals surface area contributed by atoms with Gasteiger partial charge >= 0.3 is 5.97 Å². The van der Waals surface area contributed by atoms with E-state index in [0.29, 0.717) is 11.3 Å². The molecule has 0 saturated heterocycles. The molecule has 0 amide bonds. The average Bonchev–Trinajstić information content (AvgIpc) is 2.64. The number of rotatable bonds is 3. The fourth-order valence-corrected chi connectivity index (χ4v) is 1.26. The summed E-state index contributed by atoms with van der Waals surface area (Å²) >= 11 is 0. The zero-order valence-corrected chi connectivity index (χ0v) is 8.14. The van der Waals surface area contributed by atoms with Crippen LogP contribution in [0.2, 0.25) is 0 Å². The molecule has 0 bridgehead atoms. The van der Waals surface area contributed by atoms with Crippen LogP contribution in [0.3, 0.4) is 0 Å². The number of hydrogen-bond donors (Lipinski definition) is 1. The Morgan fingerprint density at radius 3 is 3.00 bits per heavy atom. The minimum absolute atomic E-state index is 0.493. The van der Waals surface area contributed by atoms with Gasteiger partial charge in [0.2, 0.25) is 0 Å². The van der Waals surface area contributed by atoms with E-state index in [2.05, 4.69) is 0 Å². The number of hydrogen-bond acceptors (Lipinski definition) is 3. The zero-order chi connectivity index (χ0) is 10.8. The molecule has 2 rings (SSSR count). The molecule has 1 heterocycles. The van der Waals surface area contributed by atoms with Gasteiger partial charge in [0.1, 0.15) is 11.3 Å². The van der Waals surface area contributed by atoms with Crippen molar-refractivity contribution in [2.75, 3.05) is 0 Å². The third-order valence-corrected chi connectivity index (χ3v) is 2.09. The normalized spacial score (nSPS) is 12.6. The van der Waals surface area contributed by atoms with Gasteiger partial charge in [-0.25, -0.2) is 4.79 Å². The summed E-state index contributed by atoms with van der Waals surface area (Å²) in [5.41, 5.74) is 0.685. The summed E-state index contributed by atoms with van der Waals surface area (Å²) in [5, 5.41) is 9.63. The highest BCUT2D eigenvalue weighted by Gasteiger charge is 2.12. The van der Waals surface area contributed by atoms with Gasteiger partial charge in [0.15, 0.2) is 6.10 Å². The number of ether oxygens (including phenoxy) is 1. The van der Waals surface area contributed by atoms with E-state index in [1.54, 1.807) is 18.4 Å². The van der Waals surface area contributed by atoms with E-state index in [4.69, 9.17) is 14.3 Å². The molecule has 78 valence electrons. The van der Waals surface area contributed by atoms with E-state index in [-0.39, 0.29) is 0 Å². The molecule has 0 spiro atoms. The Hall–Kier alpha value is -1.97. The lowest BCUT2D eigenvalue weighted by atomic mass is 10.2. The van der Waals surface area contributed by atoms with Gasteiger partial charge in [0, 0.05) is 11.5 Å². The molecule has 0 aliphatic heterocycles. The van der Waals surface area contributed by atoms with Gasteiger partial charge in [-0.1, -0.05) is 0 Å². The van der Waals surface area contributed by atoms with Crippen molar-refractivity contribution < 1.29 is 19.1 Å². The maximum Gasteiger partial charge on any atom is 0.344 e. The van der Waals surface area contributed by atoms with Crippen molar-refractivity contribution in [3.8, 4) is 5.75 Å². The van der Waals surface area contributed by atoms with Gasteiger partial charge in [-0.3, -0.25) is 0 Å². The second kappa shape index (κ2) is 3.65. The van der Waals surface area contributed by atoms with Gasteiger partial charge < -0.3 is 14.3 Å². The van der Waals surface area contributed by atoms with Crippen LogP contribution in [0.25, 0.3) is 11.0 Å². The van der Waals surface area contributed by atoms with E-state index < -0.39 is 12.1 Å². The van der Waals surface area contributed by atoms with E-state index >= 15 is 0 Å². The zero-order valence-electron chi connectivity index (χ0n) is 8.14. The summed E-state index contributed by atoms with van der Waals surface area (Å²) < 4.78 is 10.4. The molecule has 4 heteroatoms. The molecule has 1 aromatic carbocycles. The highest BCUT2D eigenvalue weighted by molar-refractivity contribution is 5.78. The Balaban J connectivity index is 2.24. The molecule has 0 radical (unpaired) electrons. The summed E-state index contributed by atoms with van der Waals surface area (Å²) in [4.78, 5) is 10.6. The number of benzene rings is 1. The number of furan rings is 1. The van der Waals surface area contributed by atoms with Crippen molar-refractivity contribution in [2.24, 2.45) is 0 Å². The molecule has 0 unspecified atom stereocenters. The largest absolute Gasteiger partial charge is 0.479 e. The summed E-state index contributed by atoms with van der Waals surface area (Å²) in [6.45, 7) is 1.48. The number of carboxylic acid groups (broad SMARTS) is 1. The first-order chi connectivity index (χ1) is 7.16. The minimum Gasteiger partial charge on any atom is -0.479 e. The molecule has 4 nitrogen and oxygen atoms in total. The quantitative estimate of drug-likeness (QED) is 0.836. The molecule has 0 saturated carbocycles. The van der Waals surface area contributed by atoms with Gasteiger partial charge in [-0.15, -0.1) is 0 Å². The SMILES string of the molecule is C[C@@H](Oc1ccc2ccoc2c1)C(=O)O. The highest BCUT2D eigenvalue weighted by atomic mass is 16.5. The molecule has 1 aromatic heterocycles. The molecular formula is C11H10O4. The van der Waals surface area contributed by atoms with Crippen LogP contribution < -0.4 is 4.74 Å². The number of aliphatic carboxylic acids is 1. The lowest BCUT2D eigenvalue weighted by Crippen LogP contribution is -2.22. The fourth-order valence-electron chi connectivity index (χ4n) is 1.26. The maximum absolute atomic E-state index is 10.6. The second-order valence-electron chi connectivity index (χ2n) is 3.22. The first kappa shape index (κ1) is 9.58. The molecule has 1 N–H and O–H groups in total. The molecule has 0 aliphatic rings. The first-order valence-electron chi connectivity index (χ1n) is 4.53. The highest BCUT2D eigenvalue weighted by Crippen LogP contribution is 2.22. The van der Waals surface area contributed by atoms with Crippen LogP contribution in [0.1, 0.15) is 6.92 Å². The smallest absolute Gasteiger partial charge is 0.344 e. The maximum atomic E-state index is 10.6. The Morgan fingerprint density at radius 1 is 1.47 bits per heavy atom. The first-order valence-corrected chi connectivity index (χ1v) is 4.53. The van der Waals surface area contributed by atoms with Crippen molar-refractivity contribution in [2.45, 2.75) is 13.0 Å². The van der Waals surface area contributed by atoms with Crippen LogP contribution in [0.4, 0.5) is 0 Å². The Bertz CT molecular complexity index is 486. The Labute approximate surface area is 86.1 Å². The van der Waals surface area contributed by atoms with E-state index in [9.17, 15) is 4.79 Å². The standard InChI is InChI=1S/C11H10O4/c1-7(11(12)13)15-9-3-2-8-4-5-14-10(8)6-9/h2-7H,1H3,(H,12,13)/t7-/m1/s1. The van der Waals surface area contributed by atoms with Crippen LogP contribution in [-0.2, 0) is 4.79 Å². The molecule has 1 atom stereocenters. The van der Waals surface area contributed by atoms with Crippen molar-refractivity contribution in [1.82, 2.24) is 0 Å². The van der Waals surface area contributed by atoms with Gasteiger partial charge in [-0.2, -0.15) is 0 Å². The molecule has 15 heavy (non-hydrogen) atoms. The molecule has 2 aromatic rings. The van der Waals surface area contributed by atoms with Crippen molar-refractivity contribution in [1.29, 1.82) is 0 Å². The third-order valence-electron chi connectivity index (χ3n) is 2.09. The van der Waals surface area contributed by atoms with E-state index in [0.717, 1.165) is 5.39 Å². The Morgan fingerprint density at radius 2 is 2.27 bits per heavy atom. The summed E-state index contributed by atoms with van der Waals surface area (Å²) in [6.07, 6.45) is 0.715. The third kappa shape index (κ3) is 1.93. The van der Waals surface area contributed by atoms with Gasteiger partial charge in [0.05, 0.1) is 6.26 Å². The molecular weight excluding hydrogens is 196 g/mol. The predicted octanol–water partition coefficient (Wildman–Crippen LogP) is 2.28. The Kier molecular flexibility index (Phi) is 2.33. The summed E-state index contributed by atoms with van der Waals surface area (Å²) in [5.74, 6) is -0.498. The van der Waals surface area contributed by atoms with Crippen molar-refractivity contribution in [3.63, 3.8) is 0 Å². The van der Waals surface area contributed by atoms with Crippen LogP contribution in [0, 0.1) is 0 Å². The summed E-state index contributed by atoms with van der Waals surface area (Å²) in [7, 11) is 0. The minimum atomic E-state index is -0.991. The lowest BCUT2D eigenvalue weighted by Gasteiger charge is -2.09. The molecule has 0 aliphatic carbocycles. The number of fused-ring (bicyclic) bond motifs is 1. The fraction of sp³-hybridized carbons (Fsp3) is 0.182. The van der Waals surface area contributed by atoms with Crippen molar-refractivity contribution >= 4 is 16.9 Å². The van der Waals surface area contributed by atoms with Crippen LogP contribution in [0.5, 0.6) is 5.75 Å². The van der Waals surface area contributed by atoms with E-state index in [1.165, 1.54) is 6.92 Å². The number of carboxylic acids is 1. The average molecular weight is 206 g/mol. The van der Waals surface area contributed by atoms with E-state index in [1.807, 2.05) is 12.1 Å². The van der Waals surface area contributed by atoms with Gasteiger partial charge in [0.25, 0.3) is 0 Å². The van der Waals surface area contributed by atoms with Crippen molar-refractivity contribution in [3.05, 3.63) is 30.5 Å². The molecule has 0 fully saturated rings. The predicted molar refractivity (Wildman–Crippen MR) is 53.9 cm³/mol. The van der Waals surface area contributed by atoms with Crippen LogP contribution >= 0.6 is 0 Å². The number of carbonyl (C=O) groups is 1.